The van der Waals surface area contributed by atoms with Crippen molar-refractivity contribution in [3.63, 3.8) is 0 Å². The van der Waals surface area contributed by atoms with Crippen molar-refractivity contribution in [1.82, 2.24) is 4.57 Å². The third-order valence-electron chi connectivity index (χ3n) is 3.57. The van der Waals surface area contributed by atoms with Gasteiger partial charge in [0, 0.05) is 0 Å². The van der Waals surface area contributed by atoms with E-state index in [0.29, 0.717) is 29.2 Å². The Balaban J connectivity index is 2.42. The molecule has 0 N–H and O–H groups in total. The molecule has 1 aliphatic rings. The number of alkyl halides is 1. The van der Waals surface area contributed by atoms with Gasteiger partial charge in [0.25, 0.3) is 5.56 Å². The molecule has 0 aliphatic heterocycles. The predicted octanol–water partition coefficient (Wildman–Crippen LogP) is 0.925. The number of fused-ring (bicyclic) bond motifs is 1. The molecule has 0 spiro atoms. The summed E-state index contributed by atoms with van der Waals surface area (Å²) in [7, 11) is 0. The van der Waals surface area contributed by atoms with Gasteiger partial charge in [0.05, 0.1) is 16.3 Å². The molecule has 1 aromatic heterocycles. The SMILES string of the molecule is CCc1ccccc1-n1c(=O)oc2c(c1=O)=CC(Cl)CC=2. The van der Waals surface area contributed by atoms with Gasteiger partial charge in [-0.1, -0.05) is 25.1 Å². The number of hydrogen-bond donors (Lipinski definition) is 0. The topological polar surface area (TPSA) is 52.2 Å². The quantitative estimate of drug-likeness (QED) is 0.776. The zero-order chi connectivity index (χ0) is 15.0. The van der Waals surface area contributed by atoms with Gasteiger partial charge in [-0.05, 0) is 36.6 Å². The molecule has 21 heavy (non-hydrogen) atoms. The molecule has 2 aromatic rings. The van der Waals surface area contributed by atoms with Crippen LogP contribution in [-0.4, -0.2) is 9.94 Å². The van der Waals surface area contributed by atoms with Crippen LogP contribution in [-0.2, 0) is 6.42 Å². The van der Waals surface area contributed by atoms with E-state index < -0.39 is 5.76 Å². The molecular formula is C16H14ClNO3. The second-order valence-electron chi connectivity index (χ2n) is 4.89. The lowest BCUT2D eigenvalue weighted by Crippen LogP contribution is -2.51. The molecule has 4 nitrogen and oxygen atoms in total. The fourth-order valence-corrected chi connectivity index (χ4v) is 2.73. The van der Waals surface area contributed by atoms with Gasteiger partial charge in [0.15, 0.2) is 0 Å². The maximum absolute atomic E-state index is 12.6. The number of halogens is 1. The molecule has 5 heteroatoms. The summed E-state index contributed by atoms with van der Waals surface area (Å²) in [6, 6.07) is 7.30. The molecule has 108 valence electrons. The van der Waals surface area contributed by atoms with Crippen LogP contribution in [0.3, 0.4) is 0 Å². The predicted molar refractivity (Wildman–Crippen MR) is 82.4 cm³/mol. The Hall–Kier alpha value is -2.07. The number of para-hydroxylation sites is 1. The Kier molecular flexibility index (Phi) is 3.55. The molecule has 0 bridgehead atoms. The summed E-state index contributed by atoms with van der Waals surface area (Å²) < 4.78 is 6.36. The highest BCUT2D eigenvalue weighted by atomic mass is 35.5. The van der Waals surface area contributed by atoms with Crippen LogP contribution in [0.4, 0.5) is 0 Å². The number of aryl methyl sites for hydroxylation is 1. The average molecular weight is 304 g/mol. The zero-order valence-corrected chi connectivity index (χ0v) is 12.3. The van der Waals surface area contributed by atoms with E-state index in [-0.39, 0.29) is 10.9 Å². The Morgan fingerprint density at radius 1 is 1.33 bits per heavy atom. The largest absolute Gasteiger partial charge is 0.426 e. The van der Waals surface area contributed by atoms with Gasteiger partial charge in [-0.15, -0.1) is 11.6 Å². The summed E-state index contributed by atoms with van der Waals surface area (Å²) in [5, 5.41) is 0.0968. The Bertz CT molecular complexity index is 924. The minimum atomic E-state index is -0.669. The first-order chi connectivity index (χ1) is 10.1. The van der Waals surface area contributed by atoms with Gasteiger partial charge in [-0.3, -0.25) is 4.79 Å². The van der Waals surface area contributed by atoms with Gasteiger partial charge < -0.3 is 4.42 Å². The molecule has 1 aromatic carbocycles. The lowest BCUT2D eigenvalue weighted by Gasteiger charge is -2.10. The Labute approximate surface area is 125 Å². The summed E-state index contributed by atoms with van der Waals surface area (Å²) in [6.45, 7) is 1.97. The first-order valence-electron chi connectivity index (χ1n) is 6.82. The smallest absolute Gasteiger partial charge is 0.409 e. The van der Waals surface area contributed by atoms with Crippen molar-refractivity contribution in [2.24, 2.45) is 0 Å². The van der Waals surface area contributed by atoms with Crippen LogP contribution in [0.1, 0.15) is 18.9 Å². The fourth-order valence-electron chi connectivity index (χ4n) is 2.51. The molecule has 1 heterocycles. The van der Waals surface area contributed by atoms with Crippen molar-refractivity contribution in [1.29, 1.82) is 0 Å². The number of benzene rings is 1. The van der Waals surface area contributed by atoms with Crippen molar-refractivity contribution in [3.8, 4) is 5.69 Å². The van der Waals surface area contributed by atoms with Crippen molar-refractivity contribution < 1.29 is 4.42 Å². The zero-order valence-electron chi connectivity index (χ0n) is 11.5. The first-order valence-corrected chi connectivity index (χ1v) is 7.26. The third kappa shape index (κ3) is 2.36. The fraction of sp³-hybridized carbons (Fsp3) is 0.250. The van der Waals surface area contributed by atoms with Crippen LogP contribution in [0.25, 0.3) is 17.8 Å². The van der Waals surface area contributed by atoms with Crippen LogP contribution < -0.4 is 21.9 Å². The summed E-state index contributed by atoms with van der Waals surface area (Å²) in [6.07, 6.45) is 4.60. The van der Waals surface area contributed by atoms with Crippen LogP contribution in [0.15, 0.2) is 38.3 Å². The highest BCUT2D eigenvalue weighted by molar-refractivity contribution is 6.24. The Morgan fingerprint density at radius 2 is 2.10 bits per heavy atom. The van der Waals surface area contributed by atoms with Gasteiger partial charge in [0.2, 0.25) is 0 Å². The van der Waals surface area contributed by atoms with Crippen molar-refractivity contribution in [3.05, 3.63) is 61.4 Å². The number of hydrogen-bond acceptors (Lipinski definition) is 3. The van der Waals surface area contributed by atoms with Gasteiger partial charge >= 0.3 is 5.76 Å². The number of aromatic nitrogens is 1. The number of nitrogens with zero attached hydrogens (tertiary/aromatic N) is 1. The maximum Gasteiger partial charge on any atom is 0.426 e. The molecule has 0 saturated carbocycles. The summed E-state index contributed by atoms with van der Waals surface area (Å²) >= 11 is 6.06. The minimum absolute atomic E-state index is 0.257. The van der Waals surface area contributed by atoms with Crippen LogP contribution >= 0.6 is 11.6 Å². The normalized spacial score (nSPS) is 16.8. The molecule has 0 amide bonds. The second-order valence-corrected chi connectivity index (χ2v) is 5.45. The van der Waals surface area contributed by atoms with E-state index in [2.05, 4.69) is 0 Å². The van der Waals surface area contributed by atoms with Gasteiger partial charge in [-0.25, -0.2) is 9.36 Å². The van der Waals surface area contributed by atoms with E-state index in [1.807, 2.05) is 19.1 Å². The Morgan fingerprint density at radius 3 is 2.86 bits per heavy atom. The summed E-state index contributed by atoms with van der Waals surface area (Å²) in [4.78, 5) is 24.8. The molecule has 1 atom stereocenters. The monoisotopic (exact) mass is 303 g/mol. The molecule has 0 saturated heterocycles. The lowest BCUT2D eigenvalue weighted by molar-refractivity contribution is 0.421. The van der Waals surface area contributed by atoms with Crippen LogP contribution in [0, 0.1) is 0 Å². The van der Waals surface area contributed by atoms with E-state index in [1.54, 1.807) is 24.3 Å². The molecule has 0 radical (unpaired) electrons. The summed E-state index contributed by atoms with van der Waals surface area (Å²) in [5.74, 6) is -0.669. The minimum Gasteiger partial charge on any atom is -0.409 e. The maximum atomic E-state index is 12.6. The first kappa shape index (κ1) is 13.9. The standard InChI is InChI=1S/C16H14ClNO3/c1-2-10-5-3-4-6-13(10)18-15(19)12-9-11(17)7-8-14(12)21-16(18)20/h3-6,8-9,11H,2,7H2,1H3. The van der Waals surface area contributed by atoms with E-state index in [1.165, 1.54) is 0 Å². The van der Waals surface area contributed by atoms with Crippen LogP contribution in [0.5, 0.6) is 0 Å². The second kappa shape index (κ2) is 5.37. The molecule has 0 fully saturated rings. The molecule has 3 rings (SSSR count). The highest BCUT2D eigenvalue weighted by Crippen LogP contribution is 2.11. The van der Waals surface area contributed by atoms with E-state index in [0.717, 1.165) is 10.1 Å². The van der Waals surface area contributed by atoms with Gasteiger partial charge in [-0.2, -0.15) is 0 Å². The average Bonchev–Trinajstić information content (AvgIpc) is 2.49. The van der Waals surface area contributed by atoms with Crippen molar-refractivity contribution in [2.75, 3.05) is 0 Å². The third-order valence-corrected chi connectivity index (χ3v) is 3.87. The number of rotatable bonds is 2. The van der Waals surface area contributed by atoms with E-state index in [9.17, 15) is 9.59 Å². The molecule has 1 unspecified atom stereocenters. The molecule has 1 aliphatic carbocycles. The van der Waals surface area contributed by atoms with Crippen LogP contribution in [0.2, 0.25) is 0 Å². The summed E-state index contributed by atoms with van der Waals surface area (Å²) in [5.41, 5.74) is 1.40. The van der Waals surface area contributed by atoms with Crippen molar-refractivity contribution >= 4 is 23.8 Å². The van der Waals surface area contributed by atoms with E-state index >= 15 is 0 Å². The van der Waals surface area contributed by atoms with Crippen molar-refractivity contribution in [2.45, 2.75) is 25.1 Å². The highest BCUT2D eigenvalue weighted by Gasteiger charge is 2.14. The van der Waals surface area contributed by atoms with Gasteiger partial charge in [0.1, 0.15) is 5.42 Å². The van der Waals surface area contributed by atoms with E-state index in [4.69, 9.17) is 16.0 Å². The molecular weight excluding hydrogens is 290 g/mol. The lowest BCUT2D eigenvalue weighted by atomic mass is 10.1.